The number of methoxy groups -OCH3 is 1. The summed E-state index contributed by atoms with van der Waals surface area (Å²) >= 11 is 6.26. The summed E-state index contributed by atoms with van der Waals surface area (Å²) in [5.41, 5.74) is 6.15. The van der Waals surface area contributed by atoms with Crippen LogP contribution in [0.1, 0.15) is 47.7 Å². The van der Waals surface area contributed by atoms with Gasteiger partial charge in [0, 0.05) is 49.7 Å². The predicted octanol–water partition coefficient (Wildman–Crippen LogP) is 6.36. The monoisotopic (exact) mass is 491 g/mol. The van der Waals surface area contributed by atoms with Crippen LogP contribution >= 0.6 is 11.6 Å². The fraction of sp³-hybridized carbons (Fsp3) is 0.414. The van der Waals surface area contributed by atoms with Crippen molar-refractivity contribution in [1.29, 1.82) is 0 Å². The molecule has 2 aliphatic rings. The Labute approximate surface area is 213 Å². The van der Waals surface area contributed by atoms with Crippen molar-refractivity contribution < 1.29 is 9.47 Å². The van der Waals surface area contributed by atoms with Gasteiger partial charge in [0.15, 0.2) is 0 Å². The Kier molecular flexibility index (Phi) is 7.17. The van der Waals surface area contributed by atoms with Crippen LogP contribution in [0.2, 0.25) is 5.02 Å². The van der Waals surface area contributed by atoms with Crippen LogP contribution in [0.3, 0.4) is 0 Å². The Bertz CT molecular complexity index is 1170. The van der Waals surface area contributed by atoms with Gasteiger partial charge in [0.2, 0.25) is 0 Å². The van der Waals surface area contributed by atoms with E-state index in [-0.39, 0.29) is 0 Å². The number of rotatable bonds is 6. The molecule has 1 aromatic heterocycles. The van der Waals surface area contributed by atoms with E-state index in [1.54, 1.807) is 7.11 Å². The number of aromatic nitrogens is 1. The molecule has 0 bridgehead atoms. The number of fused-ring (bicyclic) bond motifs is 1. The molecule has 5 nitrogen and oxygen atoms in total. The van der Waals surface area contributed by atoms with E-state index < -0.39 is 0 Å². The minimum Gasteiger partial charge on any atom is -0.495 e. The van der Waals surface area contributed by atoms with Crippen molar-refractivity contribution in [2.24, 2.45) is 0 Å². The molecule has 0 aliphatic carbocycles. The van der Waals surface area contributed by atoms with E-state index in [0.29, 0.717) is 23.7 Å². The number of halogens is 1. The van der Waals surface area contributed by atoms with Gasteiger partial charge >= 0.3 is 0 Å². The zero-order valence-corrected chi connectivity index (χ0v) is 21.6. The van der Waals surface area contributed by atoms with E-state index in [4.69, 9.17) is 21.1 Å². The Morgan fingerprint density at radius 3 is 2.69 bits per heavy atom. The van der Waals surface area contributed by atoms with Crippen molar-refractivity contribution in [3.05, 3.63) is 82.1 Å². The van der Waals surface area contributed by atoms with Crippen molar-refractivity contribution >= 4 is 17.3 Å². The highest BCUT2D eigenvalue weighted by Crippen LogP contribution is 2.40. The lowest BCUT2D eigenvalue weighted by Gasteiger charge is -2.49. The van der Waals surface area contributed by atoms with Gasteiger partial charge < -0.3 is 14.4 Å². The van der Waals surface area contributed by atoms with Crippen LogP contribution < -0.4 is 14.4 Å². The molecule has 6 heteroatoms. The molecule has 0 spiro atoms. The summed E-state index contributed by atoms with van der Waals surface area (Å²) in [7, 11) is 1.67. The average Bonchev–Trinajstić information content (AvgIpc) is 2.90. The molecule has 0 saturated carbocycles. The van der Waals surface area contributed by atoms with E-state index in [0.717, 1.165) is 36.8 Å². The summed E-state index contributed by atoms with van der Waals surface area (Å²) in [4.78, 5) is 9.60. The third-order valence-electron chi connectivity index (χ3n) is 7.68. The molecular formula is C29H34ClN3O2. The highest BCUT2D eigenvalue weighted by atomic mass is 35.5. The maximum absolute atomic E-state index is 6.26. The molecule has 35 heavy (non-hydrogen) atoms. The van der Waals surface area contributed by atoms with E-state index in [2.05, 4.69) is 52.9 Å². The summed E-state index contributed by atoms with van der Waals surface area (Å²) in [5, 5.41) is 0.658. The number of pyridine rings is 1. The van der Waals surface area contributed by atoms with E-state index in [1.807, 2.05) is 30.5 Å². The van der Waals surface area contributed by atoms with Crippen molar-refractivity contribution in [1.82, 2.24) is 9.88 Å². The van der Waals surface area contributed by atoms with Crippen LogP contribution in [0.5, 0.6) is 11.5 Å². The molecule has 184 valence electrons. The molecule has 0 N–H and O–H groups in total. The van der Waals surface area contributed by atoms with Gasteiger partial charge in [-0.2, -0.15) is 0 Å². The number of piperazine rings is 1. The molecule has 3 aromatic rings. The molecule has 2 aliphatic heterocycles. The second-order valence-corrected chi connectivity index (χ2v) is 10.0. The first kappa shape index (κ1) is 24.0. The van der Waals surface area contributed by atoms with Crippen LogP contribution in [-0.2, 0) is 6.61 Å². The zero-order valence-electron chi connectivity index (χ0n) is 20.8. The number of ether oxygens (including phenoxy) is 2. The van der Waals surface area contributed by atoms with Crippen LogP contribution in [0.25, 0.3) is 0 Å². The topological polar surface area (TPSA) is 37.8 Å². The maximum Gasteiger partial charge on any atom is 0.139 e. The van der Waals surface area contributed by atoms with Gasteiger partial charge in [-0.1, -0.05) is 23.7 Å². The number of anilines is 1. The quantitative estimate of drug-likeness (QED) is 0.401. The summed E-state index contributed by atoms with van der Waals surface area (Å²) in [5.74, 6) is 1.69. The lowest BCUT2D eigenvalue weighted by atomic mass is 9.86. The first-order valence-electron chi connectivity index (χ1n) is 12.5. The molecule has 3 heterocycles. The minimum atomic E-state index is 0.458. The highest BCUT2D eigenvalue weighted by Gasteiger charge is 2.36. The van der Waals surface area contributed by atoms with Gasteiger partial charge in [0.1, 0.15) is 18.1 Å². The molecule has 0 radical (unpaired) electrons. The van der Waals surface area contributed by atoms with Gasteiger partial charge in [-0.3, -0.25) is 9.88 Å². The third kappa shape index (κ3) is 4.98. The molecule has 1 unspecified atom stereocenters. The normalized spacial score (nSPS) is 20.4. The van der Waals surface area contributed by atoms with Gasteiger partial charge in [0.25, 0.3) is 0 Å². The van der Waals surface area contributed by atoms with Crippen molar-refractivity contribution in [3.63, 3.8) is 0 Å². The second kappa shape index (κ2) is 10.5. The van der Waals surface area contributed by atoms with Crippen LogP contribution in [-0.4, -0.2) is 42.7 Å². The first-order valence-corrected chi connectivity index (χ1v) is 12.9. The third-order valence-corrected chi connectivity index (χ3v) is 8.00. The summed E-state index contributed by atoms with van der Waals surface area (Å²) < 4.78 is 11.6. The van der Waals surface area contributed by atoms with E-state index >= 15 is 0 Å². The first-order chi connectivity index (χ1) is 17.0. The van der Waals surface area contributed by atoms with Crippen molar-refractivity contribution in [3.8, 4) is 11.5 Å². The lowest BCUT2D eigenvalue weighted by Crippen LogP contribution is -2.56. The zero-order chi connectivity index (χ0) is 24.4. The van der Waals surface area contributed by atoms with Crippen LogP contribution in [0.4, 0.5) is 5.69 Å². The largest absolute Gasteiger partial charge is 0.495 e. The Morgan fingerprint density at radius 1 is 1.00 bits per heavy atom. The predicted molar refractivity (Wildman–Crippen MR) is 142 cm³/mol. The Balaban J connectivity index is 1.31. The summed E-state index contributed by atoms with van der Waals surface area (Å²) in [6, 6.07) is 17.5. The standard InChI is InChI=1S/C29H34ClN3O2/c1-20-21(2)28(35-19-22-7-4-5-14-31-22)13-11-25(20)27-9-6-8-24-18-32(15-16-33(24)27)23-10-12-26(30)29(17-23)34-3/h4-5,7,10-14,17,24,27H,6,8-9,15-16,18-19H2,1-3H3/t24?,27-/m1/s1. The Morgan fingerprint density at radius 2 is 1.89 bits per heavy atom. The van der Waals surface area contributed by atoms with Gasteiger partial charge in [0.05, 0.1) is 17.8 Å². The molecule has 5 rings (SSSR count). The van der Waals surface area contributed by atoms with Crippen molar-refractivity contribution in [2.75, 3.05) is 31.6 Å². The van der Waals surface area contributed by atoms with Gasteiger partial charge in [-0.05, 0) is 80.1 Å². The number of hydrogen-bond donors (Lipinski definition) is 0. The fourth-order valence-corrected chi connectivity index (χ4v) is 5.83. The molecule has 0 amide bonds. The van der Waals surface area contributed by atoms with E-state index in [1.165, 1.54) is 41.6 Å². The molecule has 2 fully saturated rings. The molecule has 2 atom stereocenters. The molecule has 2 aromatic carbocycles. The molecular weight excluding hydrogens is 458 g/mol. The van der Waals surface area contributed by atoms with Crippen molar-refractivity contribution in [2.45, 2.75) is 51.8 Å². The minimum absolute atomic E-state index is 0.458. The highest BCUT2D eigenvalue weighted by molar-refractivity contribution is 6.32. The number of benzene rings is 2. The van der Waals surface area contributed by atoms with Gasteiger partial charge in [-0.15, -0.1) is 0 Å². The fourth-order valence-electron chi connectivity index (χ4n) is 5.63. The maximum atomic E-state index is 6.26. The summed E-state index contributed by atoms with van der Waals surface area (Å²) in [6.07, 6.45) is 5.50. The SMILES string of the molecule is COc1cc(N2CCN3C(CCC[C@@H]3c3ccc(OCc4ccccn4)c(C)c3C)C2)ccc1Cl. The second-order valence-electron chi connectivity index (χ2n) is 9.62. The van der Waals surface area contributed by atoms with Crippen LogP contribution in [0.15, 0.2) is 54.7 Å². The Hall–Kier alpha value is -2.76. The van der Waals surface area contributed by atoms with Crippen LogP contribution in [0, 0.1) is 13.8 Å². The smallest absolute Gasteiger partial charge is 0.139 e. The summed E-state index contributed by atoms with van der Waals surface area (Å²) in [6.45, 7) is 8.00. The number of piperidine rings is 1. The van der Waals surface area contributed by atoms with Gasteiger partial charge in [-0.25, -0.2) is 0 Å². The number of hydrogen-bond acceptors (Lipinski definition) is 5. The lowest BCUT2D eigenvalue weighted by molar-refractivity contribution is 0.0712. The number of nitrogens with zero attached hydrogens (tertiary/aromatic N) is 3. The molecule has 2 saturated heterocycles. The average molecular weight is 492 g/mol. The van der Waals surface area contributed by atoms with E-state index in [9.17, 15) is 0 Å².